The fraction of sp³-hybridized carbons (Fsp3) is 0.455. The number of amides is 1. The fourth-order valence-corrected chi connectivity index (χ4v) is 3.80. The molecular formula is C22H26F3N3O. The van der Waals surface area contributed by atoms with Crippen LogP contribution in [0.2, 0.25) is 0 Å². The lowest BCUT2D eigenvalue weighted by molar-refractivity contribution is -0.137. The smallest absolute Gasteiger partial charge is 0.350 e. The molecule has 29 heavy (non-hydrogen) atoms. The Hall–Kier alpha value is -2.41. The van der Waals surface area contributed by atoms with Gasteiger partial charge >= 0.3 is 6.18 Å². The zero-order valence-corrected chi connectivity index (χ0v) is 17.0. The third kappa shape index (κ3) is 4.78. The quantitative estimate of drug-likeness (QED) is 0.765. The Morgan fingerprint density at radius 1 is 1.21 bits per heavy atom. The number of nitrogens with one attached hydrogen (secondary N) is 1. The van der Waals surface area contributed by atoms with Crippen molar-refractivity contribution in [3.05, 3.63) is 64.5 Å². The molecule has 1 aromatic carbocycles. The molecule has 1 N–H and O–H groups in total. The standard InChI is InChI=1S/C22H26F3N3O/c1-13(2)20-19-17(9-16(10-26-19)21(29)27-14(3)4)12-28(20)11-15-5-7-18(8-6-15)22(23,24)25/h5-10,13-14,20H,11-12H2,1-4H3,(H,27,29). The number of fused-ring (bicyclic) bond motifs is 1. The SMILES string of the molecule is CC(C)NC(=O)c1cnc2c(c1)CN(Cc1ccc(C(F)(F)F)cc1)C2C(C)C. The number of hydrogen-bond acceptors (Lipinski definition) is 3. The zero-order valence-electron chi connectivity index (χ0n) is 17.0. The van der Waals surface area contributed by atoms with Crippen LogP contribution < -0.4 is 5.32 Å². The van der Waals surface area contributed by atoms with E-state index in [0.29, 0.717) is 18.7 Å². The summed E-state index contributed by atoms with van der Waals surface area (Å²) in [5.41, 5.74) is 2.62. The fourth-order valence-electron chi connectivity index (χ4n) is 3.80. The molecule has 0 saturated heterocycles. The monoisotopic (exact) mass is 405 g/mol. The first-order valence-corrected chi connectivity index (χ1v) is 9.76. The second kappa shape index (κ2) is 8.14. The molecule has 0 radical (unpaired) electrons. The van der Waals surface area contributed by atoms with Crippen molar-refractivity contribution in [2.24, 2.45) is 5.92 Å². The zero-order chi connectivity index (χ0) is 21.3. The molecule has 0 fully saturated rings. The highest BCUT2D eigenvalue weighted by atomic mass is 19.4. The first-order valence-electron chi connectivity index (χ1n) is 9.76. The van der Waals surface area contributed by atoms with Gasteiger partial charge in [-0.3, -0.25) is 14.7 Å². The Kier molecular flexibility index (Phi) is 5.98. The summed E-state index contributed by atoms with van der Waals surface area (Å²) in [6.07, 6.45) is -2.73. The highest BCUT2D eigenvalue weighted by Crippen LogP contribution is 2.39. The van der Waals surface area contributed by atoms with E-state index in [-0.39, 0.29) is 23.9 Å². The number of benzene rings is 1. The molecule has 0 bridgehead atoms. The Labute approximate surface area is 169 Å². The van der Waals surface area contributed by atoms with Crippen LogP contribution in [0.15, 0.2) is 36.5 Å². The highest BCUT2D eigenvalue weighted by Gasteiger charge is 2.35. The second-order valence-electron chi connectivity index (χ2n) is 8.19. The largest absolute Gasteiger partial charge is 0.416 e. The van der Waals surface area contributed by atoms with Gasteiger partial charge in [0.2, 0.25) is 0 Å². The number of alkyl halides is 3. The molecule has 0 spiro atoms. The van der Waals surface area contributed by atoms with Gasteiger partial charge in [-0.05, 0) is 49.1 Å². The molecule has 1 aromatic heterocycles. The Morgan fingerprint density at radius 2 is 1.86 bits per heavy atom. The van der Waals surface area contributed by atoms with Gasteiger partial charge in [0, 0.05) is 25.3 Å². The average Bonchev–Trinajstić information content (AvgIpc) is 2.97. The van der Waals surface area contributed by atoms with Crippen molar-refractivity contribution in [3.8, 4) is 0 Å². The number of pyridine rings is 1. The summed E-state index contributed by atoms with van der Waals surface area (Å²) in [4.78, 5) is 19.1. The molecule has 2 aromatic rings. The van der Waals surface area contributed by atoms with Gasteiger partial charge in [0.15, 0.2) is 0 Å². The van der Waals surface area contributed by atoms with Crippen molar-refractivity contribution < 1.29 is 18.0 Å². The van der Waals surface area contributed by atoms with Crippen LogP contribution in [0, 0.1) is 5.92 Å². The molecule has 3 rings (SSSR count). The van der Waals surface area contributed by atoms with E-state index in [4.69, 9.17) is 0 Å². The van der Waals surface area contributed by atoms with Crippen molar-refractivity contribution in [1.29, 1.82) is 0 Å². The van der Waals surface area contributed by atoms with E-state index in [9.17, 15) is 18.0 Å². The van der Waals surface area contributed by atoms with E-state index < -0.39 is 11.7 Å². The number of hydrogen-bond donors (Lipinski definition) is 1. The first-order chi connectivity index (χ1) is 13.6. The molecule has 1 unspecified atom stereocenters. The third-order valence-corrected chi connectivity index (χ3v) is 5.03. The van der Waals surface area contributed by atoms with Crippen molar-refractivity contribution >= 4 is 5.91 Å². The van der Waals surface area contributed by atoms with Gasteiger partial charge in [-0.1, -0.05) is 26.0 Å². The van der Waals surface area contributed by atoms with E-state index in [1.165, 1.54) is 12.1 Å². The summed E-state index contributed by atoms with van der Waals surface area (Å²) in [5.74, 6) is 0.117. The average molecular weight is 405 g/mol. The molecule has 0 aliphatic carbocycles. The van der Waals surface area contributed by atoms with E-state index in [1.54, 1.807) is 6.20 Å². The van der Waals surface area contributed by atoms with Gasteiger partial charge in [0.05, 0.1) is 22.9 Å². The van der Waals surface area contributed by atoms with Crippen LogP contribution in [-0.2, 0) is 19.3 Å². The van der Waals surface area contributed by atoms with Gasteiger partial charge < -0.3 is 5.32 Å². The number of carbonyl (C=O) groups excluding carboxylic acids is 1. The summed E-state index contributed by atoms with van der Waals surface area (Å²) in [6.45, 7) is 9.12. The van der Waals surface area contributed by atoms with Crippen LogP contribution in [0.5, 0.6) is 0 Å². The number of nitrogens with zero attached hydrogens (tertiary/aromatic N) is 2. The van der Waals surface area contributed by atoms with E-state index in [2.05, 4.69) is 29.0 Å². The van der Waals surface area contributed by atoms with Crippen LogP contribution in [0.1, 0.15) is 66.5 Å². The van der Waals surface area contributed by atoms with Gasteiger partial charge in [0.25, 0.3) is 5.91 Å². The molecule has 7 heteroatoms. The maximum absolute atomic E-state index is 12.8. The molecule has 156 valence electrons. The molecule has 1 aliphatic rings. The molecule has 0 saturated carbocycles. The number of aromatic nitrogens is 1. The lowest BCUT2D eigenvalue weighted by Gasteiger charge is -2.27. The van der Waals surface area contributed by atoms with Crippen LogP contribution in [0.4, 0.5) is 13.2 Å². The van der Waals surface area contributed by atoms with Gasteiger partial charge in [-0.25, -0.2) is 0 Å². The summed E-state index contributed by atoms with van der Waals surface area (Å²) in [6, 6.07) is 7.26. The molecular weight excluding hydrogens is 379 g/mol. The maximum atomic E-state index is 12.8. The predicted molar refractivity (Wildman–Crippen MR) is 105 cm³/mol. The second-order valence-corrected chi connectivity index (χ2v) is 8.19. The van der Waals surface area contributed by atoms with Gasteiger partial charge in [-0.15, -0.1) is 0 Å². The normalized spacial score (nSPS) is 17.1. The van der Waals surface area contributed by atoms with Crippen LogP contribution in [-0.4, -0.2) is 21.8 Å². The van der Waals surface area contributed by atoms with Crippen LogP contribution in [0.25, 0.3) is 0 Å². The summed E-state index contributed by atoms with van der Waals surface area (Å²) >= 11 is 0. The van der Waals surface area contributed by atoms with Crippen molar-refractivity contribution in [3.63, 3.8) is 0 Å². The van der Waals surface area contributed by atoms with Crippen molar-refractivity contribution in [2.75, 3.05) is 0 Å². The van der Waals surface area contributed by atoms with Crippen molar-refractivity contribution in [1.82, 2.24) is 15.2 Å². The lowest BCUT2D eigenvalue weighted by atomic mass is 9.99. The summed E-state index contributed by atoms with van der Waals surface area (Å²) in [5, 5.41) is 2.87. The molecule has 2 heterocycles. The Bertz CT molecular complexity index is 876. The number of halogens is 3. The Morgan fingerprint density at radius 3 is 2.41 bits per heavy atom. The number of carbonyl (C=O) groups is 1. The third-order valence-electron chi connectivity index (χ3n) is 5.03. The van der Waals surface area contributed by atoms with E-state index in [0.717, 1.165) is 29.0 Å². The summed E-state index contributed by atoms with van der Waals surface area (Å²) in [7, 11) is 0. The topological polar surface area (TPSA) is 45.2 Å². The Balaban J connectivity index is 1.81. The summed E-state index contributed by atoms with van der Waals surface area (Å²) < 4.78 is 38.4. The van der Waals surface area contributed by atoms with Crippen LogP contribution in [0.3, 0.4) is 0 Å². The molecule has 1 amide bonds. The minimum atomic E-state index is -4.33. The molecule has 1 atom stereocenters. The predicted octanol–water partition coefficient (Wildman–Crippen LogP) is 4.95. The number of rotatable bonds is 5. The highest BCUT2D eigenvalue weighted by molar-refractivity contribution is 5.94. The van der Waals surface area contributed by atoms with Gasteiger partial charge in [0.1, 0.15) is 0 Å². The maximum Gasteiger partial charge on any atom is 0.416 e. The van der Waals surface area contributed by atoms with Crippen LogP contribution >= 0.6 is 0 Å². The van der Waals surface area contributed by atoms with E-state index in [1.807, 2.05) is 19.9 Å². The lowest BCUT2D eigenvalue weighted by Crippen LogP contribution is -2.30. The first kappa shape index (κ1) is 21.3. The molecule has 4 nitrogen and oxygen atoms in total. The van der Waals surface area contributed by atoms with Crippen molar-refractivity contribution in [2.45, 2.75) is 59.0 Å². The minimum Gasteiger partial charge on any atom is -0.350 e. The van der Waals surface area contributed by atoms with E-state index >= 15 is 0 Å². The van der Waals surface area contributed by atoms with Gasteiger partial charge in [-0.2, -0.15) is 13.2 Å². The molecule has 1 aliphatic heterocycles. The minimum absolute atomic E-state index is 0.0373.